The van der Waals surface area contributed by atoms with Crippen LogP contribution in [0.3, 0.4) is 0 Å². The number of carbonyl (C=O) groups excluding carboxylic acids is 2. The smallest absolute Gasteiger partial charge is 0.350 e. The van der Waals surface area contributed by atoms with Gasteiger partial charge < -0.3 is 14.5 Å². The number of esters is 1. The lowest BCUT2D eigenvalue weighted by Gasteiger charge is -2.11. The van der Waals surface area contributed by atoms with Crippen LogP contribution in [0, 0.1) is 0 Å². The normalized spacial score (nSPS) is 12.1. The summed E-state index contributed by atoms with van der Waals surface area (Å²) >= 11 is 13.3. The fourth-order valence-electron chi connectivity index (χ4n) is 2.26. The third-order valence-corrected chi connectivity index (χ3v) is 5.33. The number of ether oxygens (including phenoxy) is 1. The van der Waals surface area contributed by atoms with E-state index >= 15 is 0 Å². The van der Waals surface area contributed by atoms with E-state index in [0.717, 1.165) is 10.1 Å². The van der Waals surface area contributed by atoms with Crippen molar-refractivity contribution in [2.45, 2.75) is 13.0 Å². The van der Waals surface area contributed by atoms with Crippen molar-refractivity contribution in [1.29, 1.82) is 0 Å². The van der Waals surface area contributed by atoms with Crippen LogP contribution in [0.1, 0.15) is 28.4 Å². The van der Waals surface area contributed by atoms with Gasteiger partial charge in [-0.15, -0.1) is 11.3 Å². The van der Waals surface area contributed by atoms with Crippen molar-refractivity contribution in [3.05, 3.63) is 57.3 Å². The van der Waals surface area contributed by atoms with Crippen molar-refractivity contribution in [1.82, 2.24) is 5.32 Å². The van der Waals surface area contributed by atoms with Gasteiger partial charge >= 0.3 is 5.97 Å². The molecular weight excluding hydrogens is 385 g/mol. The van der Waals surface area contributed by atoms with Crippen LogP contribution in [-0.2, 0) is 9.53 Å². The first-order valence-electron chi connectivity index (χ1n) is 7.33. The summed E-state index contributed by atoms with van der Waals surface area (Å²) in [7, 11) is 0. The minimum atomic E-state index is -0.650. The van der Waals surface area contributed by atoms with Gasteiger partial charge in [0.1, 0.15) is 10.6 Å². The molecule has 1 atom stereocenters. The number of benzene rings is 1. The lowest BCUT2D eigenvalue weighted by atomic mass is 10.2. The fraction of sp³-hybridized carbons (Fsp3) is 0.176. The zero-order chi connectivity index (χ0) is 18.0. The van der Waals surface area contributed by atoms with Crippen LogP contribution in [0.5, 0.6) is 0 Å². The molecule has 0 aliphatic heterocycles. The molecule has 1 N–H and O–H groups in total. The van der Waals surface area contributed by atoms with E-state index in [1.54, 1.807) is 37.3 Å². The molecule has 5 nitrogen and oxygen atoms in total. The predicted molar refractivity (Wildman–Crippen MR) is 97.4 cm³/mol. The number of fused-ring (bicyclic) bond motifs is 1. The Kier molecular flexibility index (Phi) is 5.32. The van der Waals surface area contributed by atoms with E-state index < -0.39 is 18.5 Å². The maximum Gasteiger partial charge on any atom is 0.350 e. The van der Waals surface area contributed by atoms with Crippen molar-refractivity contribution < 1.29 is 18.7 Å². The quantitative estimate of drug-likeness (QED) is 0.625. The molecule has 1 amide bonds. The second-order valence-electron chi connectivity index (χ2n) is 5.27. The van der Waals surface area contributed by atoms with E-state index in [-0.39, 0.29) is 10.9 Å². The Morgan fingerprint density at radius 2 is 2.12 bits per heavy atom. The zero-order valence-corrected chi connectivity index (χ0v) is 15.4. The highest BCUT2D eigenvalue weighted by Crippen LogP contribution is 2.37. The van der Waals surface area contributed by atoms with Crippen molar-refractivity contribution in [2.75, 3.05) is 6.61 Å². The number of nitrogens with one attached hydrogen (secondary N) is 1. The van der Waals surface area contributed by atoms with Crippen LogP contribution >= 0.6 is 34.5 Å². The van der Waals surface area contributed by atoms with Gasteiger partial charge in [-0.1, -0.05) is 29.3 Å². The topological polar surface area (TPSA) is 68.5 Å². The molecule has 25 heavy (non-hydrogen) atoms. The molecule has 0 fully saturated rings. The largest absolute Gasteiger partial charge is 0.467 e. The summed E-state index contributed by atoms with van der Waals surface area (Å²) in [4.78, 5) is 24.4. The maximum absolute atomic E-state index is 12.2. The lowest BCUT2D eigenvalue weighted by molar-refractivity contribution is -0.125. The fourth-order valence-corrected chi connectivity index (χ4v) is 3.94. The van der Waals surface area contributed by atoms with Gasteiger partial charge in [0, 0.05) is 15.1 Å². The van der Waals surface area contributed by atoms with Crippen molar-refractivity contribution in [3.63, 3.8) is 0 Å². The van der Waals surface area contributed by atoms with Crippen molar-refractivity contribution in [2.24, 2.45) is 0 Å². The number of hydrogen-bond acceptors (Lipinski definition) is 5. The lowest BCUT2D eigenvalue weighted by Crippen LogP contribution is -2.30. The van der Waals surface area contributed by atoms with Gasteiger partial charge in [-0.25, -0.2) is 4.79 Å². The van der Waals surface area contributed by atoms with Gasteiger partial charge in [-0.05, 0) is 31.2 Å². The predicted octanol–water partition coefficient (Wildman–Crippen LogP) is 4.84. The maximum atomic E-state index is 12.2. The van der Waals surface area contributed by atoms with Crippen LogP contribution < -0.4 is 5.32 Å². The molecule has 0 aliphatic carbocycles. The van der Waals surface area contributed by atoms with E-state index in [4.69, 9.17) is 32.4 Å². The average Bonchev–Trinajstić information content (AvgIpc) is 3.21. The molecular formula is C17H13Cl2NO4S. The molecule has 3 rings (SSSR count). The standard InChI is InChI=1S/C17H13Cl2NO4S/c1-9(12-3-2-6-23-12)20-14(21)8-24-17(22)16-15(19)11-5-4-10(18)7-13(11)25-16/h2-7,9H,8H2,1H3,(H,20,21)/t9-/m1/s1. The Bertz CT molecular complexity index is 920. The van der Waals surface area contributed by atoms with Crippen LogP contribution in [0.25, 0.3) is 10.1 Å². The number of furan rings is 1. The number of carbonyl (C=O) groups is 2. The monoisotopic (exact) mass is 397 g/mol. The van der Waals surface area contributed by atoms with Gasteiger partial charge in [0.05, 0.1) is 17.3 Å². The number of hydrogen-bond donors (Lipinski definition) is 1. The second-order valence-corrected chi connectivity index (χ2v) is 7.13. The van der Waals surface area contributed by atoms with Crippen molar-refractivity contribution in [3.8, 4) is 0 Å². The molecule has 0 aliphatic rings. The van der Waals surface area contributed by atoms with E-state index in [1.807, 2.05) is 0 Å². The molecule has 1 aromatic carbocycles. The Morgan fingerprint density at radius 1 is 1.32 bits per heavy atom. The van der Waals surface area contributed by atoms with Gasteiger partial charge in [0.25, 0.3) is 5.91 Å². The van der Waals surface area contributed by atoms with Crippen LogP contribution in [0.2, 0.25) is 10.0 Å². The Balaban J connectivity index is 1.62. The molecule has 0 saturated heterocycles. The molecule has 0 saturated carbocycles. The number of halogens is 2. The first-order valence-corrected chi connectivity index (χ1v) is 8.90. The highest BCUT2D eigenvalue weighted by Gasteiger charge is 2.20. The highest BCUT2D eigenvalue weighted by molar-refractivity contribution is 7.21. The van der Waals surface area contributed by atoms with Crippen LogP contribution in [-0.4, -0.2) is 18.5 Å². The third kappa shape index (κ3) is 3.98. The van der Waals surface area contributed by atoms with Crippen LogP contribution in [0.15, 0.2) is 41.0 Å². The van der Waals surface area contributed by atoms with E-state index in [2.05, 4.69) is 5.32 Å². The summed E-state index contributed by atoms with van der Waals surface area (Å²) < 4.78 is 11.0. The number of amides is 1. The summed E-state index contributed by atoms with van der Waals surface area (Å²) in [5.74, 6) is -0.468. The Morgan fingerprint density at radius 3 is 2.84 bits per heavy atom. The number of thiophene rings is 1. The molecule has 130 valence electrons. The first kappa shape index (κ1) is 17.8. The summed E-state index contributed by atoms with van der Waals surface area (Å²) in [6.07, 6.45) is 1.52. The molecule has 0 unspecified atom stereocenters. The molecule has 8 heteroatoms. The van der Waals surface area contributed by atoms with E-state index in [0.29, 0.717) is 15.8 Å². The minimum Gasteiger partial charge on any atom is -0.467 e. The van der Waals surface area contributed by atoms with Gasteiger partial charge in [0.15, 0.2) is 6.61 Å². The van der Waals surface area contributed by atoms with Crippen molar-refractivity contribution >= 4 is 56.5 Å². The van der Waals surface area contributed by atoms with Gasteiger partial charge in [-0.3, -0.25) is 4.79 Å². The molecule has 2 aromatic heterocycles. The highest BCUT2D eigenvalue weighted by atomic mass is 35.5. The summed E-state index contributed by atoms with van der Waals surface area (Å²) in [6, 6.07) is 8.32. The molecule has 0 spiro atoms. The Hall–Kier alpha value is -2.02. The summed E-state index contributed by atoms with van der Waals surface area (Å²) in [6.45, 7) is 1.36. The van der Waals surface area contributed by atoms with E-state index in [1.165, 1.54) is 17.6 Å². The molecule has 0 bridgehead atoms. The summed E-state index contributed by atoms with van der Waals surface area (Å²) in [5, 5.41) is 4.25. The van der Waals surface area contributed by atoms with Gasteiger partial charge in [-0.2, -0.15) is 0 Å². The first-order chi connectivity index (χ1) is 12.0. The second kappa shape index (κ2) is 7.47. The zero-order valence-electron chi connectivity index (χ0n) is 13.0. The van der Waals surface area contributed by atoms with Gasteiger partial charge in [0.2, 0.25) is 0 Å². The van der Waals surface area contributed by atoms with Crippen LogP contribution in [0.4, 0.5) is 0 Å². The molecule has 3 aromatic rings. The number of rotatable bonds is 5. The molecule has 0 radical (unpaired) electrons. The Labute approximate surface area is 157 Å². The molecule has 2 heterocycles. The third-order valence-electron chi connectivity index (χ3n) is 3.46. The summed E-state index contributed by atoms with van der Waals surface area (Å²) in [5.41, 5.74) is 0. The average molecular weight is 398 g/mol. The SMILES string of the molecule is C[C@@H](NC(=O)COC(=O)c1sc2cc(Cl)ccc2c1Cl)c1ccco1. The minimum absolute atomic E-state index is 0.241. The van der Waals surface area contributed by atoms with E-state index in [9.17, 15) is 9.59 Å².